The van der Waals surface area contributed by atoms with Gasteiger partial charge in [-0.05, 0) is 48.9 Å². The van der Waals surface area contributed by atoms with Crippen molar-refractivity contribution in [1.29, 1.82) is 5.26 Å². The van der Waals surface area contributed by atoms with Crippen molar-refractivity contribution >= 4 is 0 Å². The van der Waals surface area contributed by atoms with Crippen molar-refractivity contribution in [2.45, 2.75) is 40.7 Å². The molecule has 17 heavy (non-hydrogen) atoms. The van der Waals surface area contributed by atoms with Gasteiger partial charge in [-0.1, -0.05) is 26.0 Å². The van der Waals surface area contributed by atoms with Gasteiger partial charge in [0.25, 0.3) is 0 Å². The lowest BCUT2D eigenvalue weighted by Gasteiger charge is -2.24. The highest BCUT2D eigenvalue weighted by atomic mass is 14.7. The molecule has 1 rings (SSSR count). The van der Waals surface area contributed by atoms with Gasteiger partial charge < -0.3 is 5.73 Å². The maximum Gasteiger partial charge on any atom is 0.0679 e. The molecule has 0 amide bonds. The summed E-state index contributed by atoms with van der Waals surface area (Å²) < 4.78 is 0. The van der Waals surface area contributed by atoms with Crippen molar-refractivity contribution in [3.63, 3.8) is 0 Å². The minimum absolute atomic E-state index is 0.129. The van der Waals surface area contributed by atoms with Crippen LogP contribution < -0.4 is 5.73 Å². The number of hydrogen-bond acceptors (Lipinski definition) is 2. The second-order valence-corrected chi connectivity index (χ2v) is 5.15. The largest absolute Gasteiger partial charge is 0.323 e. The second kappa shape index (κ2) is 5.33. The van der Waals surface area contributed by atoms with E-state index in [4.69, 9.17) is 5.73 Å². The average Bonchev–Trinajstić information content (AvgIpc) is 2.26. The Morgan fingerprint density at radius 1 is 1.12 bits per heavy atom. The Bertz CT molecular complexity index is 441. The molecule has 2 heteroatoms. The van der Waals surface area contributed by atoms with Gasteiger partial charge in [0.2, 0.25) is 0 Å². The van der Waals surface area contributed by atoms with E-state index in [1.54, 1.807) is 0 Å². The summed E-state index contributed by atoms with van der Waals surface area (Å²) in [4.78, 5) is 0. The summed E-state index contributed by atoms with van der Waals surface area (Å²) in [6.07, 6.45) is 0. The summed E-state index contributed by atoms with van der Waals surface area (Å²) in [6.45, 7) is 10.4. The summed E-state index contributed by atoms with van der Waals surface area (Å²) in [5.41, 5.74) is 11.1. The van der Waals surface area contributed by atoms with Crippen LogP contribution in [0.3, 0.4) is 0 Å². The number of hydrogen-bond donors (Lipinski definition) is 1. The highest BCUT2D eigenvalue weighted by molar-refractivity contribution is 5.40. The third-order valence-electron chi connectivity index (χ3n) is 3.71. The first-order chi connectivity index (χ1) is 7.90. The molecule has 0 fully saturated rings. The minimum Gasteiger partial charge on any atom is -0.323 e. The van der Waals surface area contributed by atoms with Gasteiger partial charge in [0.05, 0.1) is 12.0 Å². The molecular weight excluding hydrogens is 208 g/mol. The molecule has 2 nitrogen and oxygen atoms in total. The van der Waals surface area contributed by atoms with E-state index in [0.29, 0.717) is 0 Å². The molecule has 0 saturated heterocycles. The SMILES string of the molecule is Cc1ccc(C(N)C(C#N)C(C)C)c(C)c1C. The van der Waals surface area contributed by atoms with Crippen LogP contribution in [0.5, 0.6) is 0 Å². The maximum atomic E-state index is 9.21. The van der Waals surface area contributed by atoms with Crippen LogP contribution in [0.1, 0.15) is 42.1 Å². The summed E-state index contributed by atoms with van der Waals surface area (Å²) in [5, 5.41) is 9.21. The maximum absolute atomic E-state index is 9.21. The first-order valence-electron chi connectivity index (χ1n) is 6.12. The van der Waals surface area contributed by atoms with E-state index >= 15 is 0 Å². The van der Waals surface area contributed by atoms with Gasteiger partial charge >= 0.3 is 0 Å². The molecule has 0 heterocycles. The van der Waals surface area contributed by atoms with Gasteiger partial charge in [0.15, 0.2) is 0 Å². The van der Waals surface area contributed by atoms with E-state index < -0.39 is 0 Å². The van der Waals surface area contributed by atoms with Crippen molar-refractivity contribution in [3.8, 4) is 6.07 Å². The molecule has 0 aliphatic carbocycles. The van der Waals surface area contributed by atoms with Crippen LogP contribution in [-0.4, -0.2) is 0 Å². The highest BCUT2D eigenvalue weighted by Crippen LogP contribution is 2.29. The fraction of sp³-hybridized carbons (Fsp3) is 0.533. The Labute approximate surface area is 104 Å². The molecule has 0 aliphatic heterocycles. The minimum atomic E-state index is -0.195. The highest BCUT2D eigenvalue weighted by Gasteiger charge is 2.24. The fourth-order valence-corrected chi connectivity index (χ4v) is 2.18. The molecule has 2 unspecified atom stereocenters. The van der Waals surface area contributed by atoms with E-state index in [1.807, 2.05) is 13.8 Å². The van der Waals surface area contributed by atoms with Gasteiger partial charge in [-0.2, -0.15) is 5.26 Å². The van der Waals surface area contributed by atoms with Crippen LogP contribution in [0.2, 0.25) is 0 Å². The number of benzene rings is 1. The zero-order valence-electron chi connectivity index (χ0n) is 11.4. The Balaban J connectivity index is 3.18. The lowest BCUT2D eigenvalue weighted by molar-refractivity contribution is 0.402. The van der Waals surface area contributed by atoms with Gasteiger partial charge in [0, 0.05) is 6.04 Å². The normalized spacial score (nSPS) is 14.5. The Morgan fingerprint density at radius 2 is 1.71 bits per heavy atom. The van der Waals surface area contributed by atoms with Gasteiger partial charge in [-0.25, -0.2) is 0 Å². The van der Waals surface area contributed by atoms with Crippen molar-refractivity contribution in [3.05, 3.63) is 34.4 Å². The quantitative estimate of drug-likeness (QED) is 0.865. The number of nitriles is 1. The Kier molecular flexibility index (Phi) is 4.31. The molecule has 0 bridgehead atoms. The van der Waals surface area contributed by atoms with Crippen LogP contribution in [0.4, 0.5) is 0 Å². The molecule has 0 radical (unpaired) electrons. The molecule has 1 aromatic rings. The smallest absolute Gasteiger partial charge is 0.0679 e. The van der Waals surface area contributed by atoms with Crippen molar-refractivity contribution in [1.82, 2.24) is 0 Å². The zero-order chi connectivity index (χ0) is 13.2. The first-order valence-corrected chi connectivity index (χ1v) is 6.12. The van der Waals surface area contributed by atoms with Crippen LogP contribution in [0.15, 0.2) is 12.1 Å². The fourth-order valence-electron chi connectivity index (χ4n) is 2.18. The van der Waals surface area contributed by atoms with Crippen LogP contribution in [-0.2, 0) is 0 Å². The van der Waals surface area contributed by atoms with E-state index in [-0.39, 0.29) is 17.9 Å². The molecule has 0 aromatic heterocycles. The van der Waals surface area contributed by atoms with Crippen LogP contribution in [0.25, 0.3) is 0 Å². The predicted octanol–water partition coefficient (Wildman–Crippen LogP) is 3.41. The lowest BCUT2D eigenvalue weighted by atomic mass is 9.83. The van der Waals surface area contributed by atoms with E-state index in [1.165, 1.54) is 16.7 Å². The molecular formula is C15H22N2. The molecule has 92 valence electrons. The summed E-state index contributed by atoms with van der Waals surface area (Å²) >= 11 is 0. The summed E-state index contributed by atoms with van der Waals surface area (Å²) in [7, 11) is 0. The van der Waals surface area contributed by atoms with Gasteiger partial charge in [0.1, 0.15) is 0 Å². The standard InChI is InChI=1S/C15H22N2/c1-9(2)14(8-16)15(17)13-7-6-10(3)11(4)12(13)5/h6-7,9,14-15H,17H2,1-5H3. The third-order valence-corrected chi connectivity index (χ3v) is 3.71. The Hall–Kier alpha value is -1.33. The second-order valence-electron chi connectivity index (χ2n) is 5.15. The lowest BCUT2D eigenvalue weighted by Crippen LogP contribution is -2.25. The van der Waals surface area contributed by atoms with Crippen molar-refractivity contribution < 1.29 is 0 Å². The topological polar surface area (TPSA) is 49.8 Å². The molecule has 2 N–H and O–H groups in total. The molecule has 1 aromatic carbocycles. The number of nitrogens with zero attached hydrogens (tertiary/aromatic N) is 1. The monoisotopic (exact) mass is 230 g/mol. The van der Waals surface area contributed by atoms with Crippen molar-refractivity contribution in [2.75, 3.05) is 0 Å². The molecule has 0 spiro atoms. The number of nitrogens with two attached hydrogens (primary N) is 1. The van der Waals surface area contributed by atoms with Crippen LogP contribution in [0, 0.1) is 43.9 Å². The number of aryl methyl sites for hydroxylation is 1. The molecule has 0 aliphatic rings. The zero-order valence-corrected chi connectivity index (χ0v) is 11.4. The first kappa shape index (κ1) is 13.7. The summed E-state index contributed by atoms with van der Waals surface area (Å²) in [6, 6.07) is 6.30. The van der Waals surface area contributed by atoms with Gasteiger partial charge in [-0.15, -0.1) is 0 Å². The molecule has 0 saturated carbocycles. The third kappa shape index (κ3) is 2.68. The van der Waals surface area contributed by atoms with Crippen molar-refractivity contribution in [2.24, 2.45) is 17.6 Å². The van der Waals surface area contributed by atoms with E-state index in [2.05, 4.69) is 39.0 Å². The average molecular weight is 230 g/mol. The van der Waals surface area contributed by atoms with E-state index in [0.717, 1.165) is 5.56 Å². The predicted molar refractivity (Wildman–Crippen MR) is 71.5 cm³/mol. The van der Waals surface area contributed by atoms with Crippen LogP contribution >= 0.6 is 0 Å². The molecule has 2 atom stereocenters. The van der Waals surface area contributed by atoms with E-state index in [9.17, 15) is 5.26 Å². The summed E-state index contributed by atoms with van der Waals surface area (Å²) in [5.74, 6) is 0.145. The Morgan fingerprint density at radius 3 is 2.18 bits per heavy atom. The van der Waals surface area contributed by atoms with Gasteiger partial charge in [-0.3, -0.25) is 0 Å². The number of rotatable bonds is 3.